The van der Waals surface area contributed by atoms with Gasteiger partial charge in [0.15, 0.2) is 8.32 Å². The van der Waals surface area contributed by atoms with Crippen molar-refractivity contribution in [3.63, 3.8) is 0 Å². The van der Waals surface area contributed by atoms with E-state index in [0.29, 0.717) is 11.8 Å². The van der Waals surface area contributed by atoms with Crippen LogP contribution in [0.5, 0.6) is 0 Å². The van der Waals surface area contributed by atoms with Crippen LogP contribution >= 0.6 is 0 Å². The topological polar surface area (TPSA) is 36.9 Å². The summed E-state index contributed by atoms with van der Waals surface area (Å²) >= 11 is 0. The molecule has 4 nitrogen and oxygen atoms in total. The molecule has 0 saturated heterocycles. The third kappa shape index (κ3) is 24.5. The molecule has 0 heterocycles. The quantitative estimate of drug-likeness (QED) is 0.428. The van der Waals surface area contributed by atoms with E-state index in [1.807, 2.05) is 13.8 Å². The van der Waals surface area contributed by atoms with Gasteiger partial charge in [0, 0.05) is 19.8 Å². The molecular weight excluding hydrogens is 388 g/mol. The molecule has 0 rings (SSSR count). The van der Waals surface area contributed by atoms with Crippen molar-refractivity contribution in [1.82, 2.24) is 0 Å². The fourth-order valence-electron chi connectivity index (χ4n) is 1.85. The summed E-state index contributed by atoms with van der Waals surface area (Å²) in [5, 5.41) is 0. The zero-order valence-corrected chi connectivity index (χ0v) is 25.1. The van der Waals surface area contributed by atoms with Crippen molar-refractivity contribution in [2.45, 2.75) is 100 Å². The summed E-state index contributed by atoms with van der Waals surface area (Å²) in [5.74, 6) is 1.35. The van der Waals surface area contributed by atoms with Crippen LogP contribution < -0.4 is 0 Å². The Bertz CT molecular complexity index is 322. The smallest absolute Gasteiger partial charge is 0.331 e. The Kier molecular flexibility index (Phi) is 19.4. The maximum atomic E-state index is 5.63. The van der Waals surface area contributed by atoms with Gasteiger partial charge in [0.25, 0.3) is 0 Å². The van der Waals surface area contributed by atoms with E-state index < -0.39 is 16.9 Å². The molecule has 0 saturated carbocycles. The maximum Gasteiger partial charge on any atom is 0.331 e. The minimum Gasteiger partial charge on any atom is -0.423 e. The summed E-state index contributed by atoms with van der Waals surface area (Å²) in [4.78, 5) is 0. The third-order valence-corrected chi connectivity index (χ3v) is 8.21. The Morgan fingerprint density at radius 1 is 0.815 bits per heavy atom. The van der Waals surface area contributed by atoms with Crippen molar-refractivity contribution in [2.24, 2.45) is 11.8 Å². The molecule has 168 valence electrons. The van der Waals surface area contributed by atoms with Gasteiger partial charge in [-0.15, -0.1) is 0 Å². The van der Waals surface area contributed by atoms with Crippen LogP contribution in [0, 0.1) is 11.8 Å². The molecule has 0 radical (unpaired) electrons. The second-order valence-corrected chi connectivity index (χ2v) is 17.5. The number of hydrogen-bond acceptors (Lipinski definition) is 4. The van der Waals surface area contributed by atoms with E-state index in [0.717, 1.165) is 30.3 Å². The zero-order chi connectivity index (χ0) is 22.3. The summed E-state index contributed by atoms with van der Waals surface area (Å²) in [6.07, 6.45) is 1.20. The molecule has 0 aliphatic heterocycles. The van der Waals surface area contributed by atoms with Crippen LogP contribution in [0.15, 0.2) is 0 Å². The first kappa shape index (κ1) is 32.2. The van der Waals surface area contributed by atoms with Gasteiger partial charge < -0.3 is 17.7 Å². The molecule has 0 aromatic heterocycles. The second kappa shape index (κ2) is 16.3. The summed E-state index contributed by atoms with van der Waals surface area (Å²) in [5.41, 5.74) is 0.112. The van der Waals surface area contributed by atoms with E-state index in [1.54, 1.807) is 0 Å². The molecule has 0 fully saturated rings. The van der Waals surface area contributed by atoms with Gasteiger partial charge in [-0.1, -0.05) is 34.1 Å². The molecule has 0 aromatic rings. The lowest BCUT2D eigenvalue weighted by atomic mass is 9.91. The van der Waals surface area contributed by atoms with Crippen molar-refractivity contribution in [1.29, 1.82) is 0 Å². The molecule has 0 bridgehead atoms. The minimum atomic E-state index is -1.70. The fourth-order valence-corrected chi connectivity index (χ4v) is 4.56. The Balaban J connectivity index is -0.000000320. The SMILES string of the molecule is CC(C)CO[Si](C)(C)C.CCC(C)C(C)(C)O[SiH3].CCO[Si](C)(C)OCC. The monoisotopic (exact) mass is 440 g/mol. The molecule has 0 amide bonds. The van der Waals surface area contributed by atoms with E-state index in [2.05, 4.69) is 74.3 Å². The van der Waals surface area contributed by atoms with Gasteiger partial charge in [-0.2, -0.15) is 0 Å². The average molecular weight is 441 g/mol. The van der Waals surface area contributed by atoms with Crippen LogP contribution in [0.4, 0.5) is 0 Å². The minimum absolute atomic E-state index is 0.112. The van der Waals surface area contributed by atoms with Crippen molar-refractivity contribution >= 4 is 27.4 Å². The highest BCUT2D eigenvalue weighted by Crippen LogP contribution is 2.21. The predicted molar refractivity (Wildman–Crippen MR) is 129 cm³/mol. The zero-order valence-electron chi connectivity index (χ0n) is 21.1. The standard InChI is InChI=1S/2C7H18OSi.C6H16O2Si/c1-7(2)6-8-9(3,4)5;1-5-6(2)7(3,4)8-9;1-5-7-9(3,4)8-6-2/h7H,6H2,1-5H3;6H,5H2,1-4,9H3;5-6H2,1-4H3. The number of rotatable bonds is 10. The number of hydrogen-bond donors (Lipinski definition) is 0. The lowest BCUT2D eigenvalue weighted by Gasteiger charge is -2.30. The highest BCUT2D eigenvalue weighted by atomic mass is 28.4. The molecule has 1 atom stereocenters. The van der Waals surface area contributed by atoms with Crippen LogP contribution in [-0.2, 0) is 17.7 Å². The van der Waals surface area contributed by atoms with Gasteiger partial charge in [0.2, 0.25) is 0 Å². The van der Waals surface area contributed by atoms with E-state index in [9.17, 15) is 0 Å². The molecule has 1 unspecified atom stereocenters. The largest absolute Gasteiger partial charge is 0.423 e. The Morgan fingerprint density at radius 2 is 1.22 bits per heavy atom. The van der Waals surface area contributed by atoms with Crippen molar-refractivity contribution < 1.29 is 17.7 Å². The highest BCUT2D eigenvalue weighted by Gasteiger charge is 2.22. The van der Waals surface area contributed by atoms with E-state index in [4.69, 9.17) is 17.7 Å². The molecule has 0 spiro atoms. The van der Waals surface area contributed by atoms with E-state index in [1.165, 1.54) is 6.42 Å². The van der Waals surface area contributed by atoms with Gasteiger partial charge in [-0.3, -0.25) is 0 Å². The van der Waals surface area contributed by atoms with Crippen LogP contribution in [0.1, 0.15) is 61.8 Å². The second-order valence-electron chi connectivity index (χ2n) is 9.20. The Hall–Kier alpha value is 0.491. The summed E-state index contributed by atoms with van der Waals surface area (Å²) < 4.78 is 21.8. The highest BCUT2D eigenvalue weighted by molar-refractivity contribution is 6.69. The van der Waals surface area contributed by atoms with Crippen molar-refractivity contribution in [3.8, 4) is 0 Å². The predicted octanol–water partition coefficient (Wildman–Crippen LogP) is 5.36. The van der Waals surface area contributed by atoms with Crippen LogP contribution in [0.3, 0.4) is 0 Å². The molecule has 27 heavy (non-hydrogen) atoms. The van der Waals surface area contributed by atoms with Gasteiger partial charge in [-0.05, 0) is 72.3 Å². The van der Waals surface area contributed by atoms with E-state index >= 15 is 0 Å². The van der Waals surface area contributed by atoms with Gasteiger partial charge in [-0.25, -0.2) is 0 Å². The fraction of sp³-hybridized carbons (Fsp3) is 1.00. The Labute approximate surface area is 177 Å². The molecule has 0 N–H and O–H groups in total. The lowest BCUT2D eigenvalue weighted by molar-refractivity contribution is 0.0600. The molecule has 0 aliphatic rings. The first-order valence-electron chi connectivity index (χ1n) is 10.5. The third-order valence-electron chi connectivity index (χ3n) is 4.16. The van der Waals surface area contributed by atoms with Crippen LogP contribution in [0.2, 0.25) is 32.7 Å². The summed E-state index contributed by atoms with van der Waals surface area (Å²) in [6, 6.07) is 0. The maximum absolute atomic E-state index is 5.63. The lowest BCUT2D eigenvalue weighted by Crippen LogP contribution is -2.34. The van der Waals surface area contributed by atoms with E-state index in [-0.39, 0.29) is 5.60 Å². The molecule has 0 aromatic carbocycles. The average Bonchev–Trinajstić information content (AvgIpc) is 2.52. The van der Waals surface area contributed by atoms with Gasteiger partial charge >= 0.3 is 8.56 Å². The van der Waals surface area contributed by atoms with Crippen LogP contribution in [-0.4, -0.2) is 52.8 Å². The summed E-state index contributed by atoms with van der Waals surface area (Å²) in [6.45, 7) is 30.3. The normalized spacial score (nSPS) is 13.6. The first-order valence-corrected chi connectivity index (χ1v) is 17.6. The molecule has 0 aliphatic carbocycles. The van der Waals surface area contributed by atoms with Crippen LogP contribution in [0.25, 0.3) is 0 Å². The van der Waals surface area contributed by atoms with Gasteiger partial charge in [0.05, 0.1) is 5.60 Å². The first-order chi connectivity index (χ1) is 12.1. The summed E-state index contributed by atoms with van der Waals surface area (Å²) in [7, 11) is -2.07. The Morgan fingerprint density at radius 3 is 1.37 bits per heavy atom. The van der Waals surface area contributed by atoms with Crippen molar-refractivity contribution in [2.75, 3.05) is 19.8 Å². The molecular formula is C20H52O4Si3. The van der Waals surface area contributed by atoms with Gasteiger partial charge in [0.1, 0.15) is 10.5 Å². The molecule has 7 heteroatoms. The van der Waals surface area contributed by atoms with Crippen molar-refractivity contribution in [3.05, 3.63) is 0 Å².